The minimum Gasteiger partial charge on any atom is -0.309 e. The first-order valence-electron chi connectivity index (χ1n) is 18.8. The fourth-order valence-corrected chi connectivity index (χ4v) is 9.29. The first kappa shape index (κ1) is 32.2. The van der Waals surface area contributed by atoms with Gasteiger partial charge in [-0.15, -0.1) is 11.3 Å². The molecule has 11 aromatic rings. The van der Waals surface area contributed by atoms with Crippen LogP contribution in [0.15, 0.2) is 194 Å². The van der Waals surface area contributed by atoms with Gasteiger partial charge in [-0.1, -0.05) is 164 Å². The van der Waals surface area contributed by atoms with Crippen LogP contribution in [0.5, 0.6) is 0 Å². The Bertz CT molecular complexity index is 3200. The molecular formula is C51H32N4S. The molecule has 0 amide bonds. The molecule has 8 aromatic carbocycles. The molecule has 11 rings (SSSR count). The molecule has 262 valence electrons. The van der Waals surface area contributed by atoms with Gasteiger partial charge >= 0.3 is 0 Å². The van der Waals surface area contributed by atoms with E-state index < -0.39 is 0 Å². The van der Waals surface area contributed by atoms with E-state index in [2.05, 4.69) is 138 Å². The van der Waals surface area contributed by atoms with Gasteiger partial charge in [-0.3, -0.25) is 0 Å². The van der Waals surface area contributed by atoms with Gasteiger partial charge in [0.1, 0.15) is 0 Å². The van der Waals surface area contributed by atoms with E-state index in [9.17, 15) is 0 Å². The van der Waals surface area contributed by atoms with Gasteiger partial charge in [0.2, 0.25) is 0 Å². The molecule has 3 aromatic heterocycles. The van der Waals surface area contributed by atoms with Crippen LogP contribution in [-0.2, 0) is 0 Å². The van der Waals surface area contributed by atoms with E-state index in [0.29, 0.717) is 17.5 Å². The number of fused-ring (bicyclic) bond motifs is 6. The Morgan fingerprint density at radius 3 is 1.62 bits per heavy atom. The number of nitrogens with zero attached hydrogens (tertiary/aromatic N) is 4. The lowest BCUT2D eigenvalue weighted by molar-refractivity contribution is 1.07. The van der Waals surface area contributed by atoms with Crippen molar-refractivity contribution < 1.29 is 0 Å². The zero-order valence-corrected chi connectivity index (χ0v) is 31.0. The van der Waals surface area contributed by atoms with Crippen LogP contribution in [-0.4, -0.2) is 19.5 Å². The maximum Gasteiger partial charge on any atom is 0.164 e. The van der Waals surface area contributed by atoms with Crippen LogP contribution in [0, 0.1) is 0 Å². The Morgan fingerprint density at radius 1 is 0.357 bits per heavy atom. The molecule has 0 spiro atoms. The summed E-state index contributed by atoms with van der Waals surface area (Å²) in [5.41, 5.74) is 11.0. The smallest absolute Gasteiger partial charge is 0.164 e. The van der Waals surface area contributed by atoms with Crippen LogP contribution in [0.2, 0.25) is 0 Å². The maximum atomic E-state index is 5.01. The van der Waals surface area contributed by atoms with E-state index in [1.54, 1.807) is 0 Å². The normalized spacial score (nSPS) is 11.6. The molecule has 0 saturated carbocycles. The Kier molecular flexibility index (Phi) is 7.64. The monoisotopic (exact) mass is 732 g/mol. The lowest BCUT2D eigenvalue weighted by Crippen LogP contribution is -2.00. The van der Waals surface area contributed by atoms with E-state index in [-0.39, 0.29) is 0 Å². The molecule has 4 nitrogen and oxygen atoms in total. The summed E-state index contributed by atoms with van der Waals surface area (Å²) in [4.78, 5) is 14.9. The molecule has 0 atom stereocenters. The largest absolute Gasteiger partial charge is 0.309 e. The molecule has 0 radical (unpaired) electrons. The third-order valence-electron chi connectivity index (χ3n) is 10.6. The van der Waals surface area contributed by atoms with Gasteiger partial charge in [0.15, 0.2) is 17.5 Å². The van der Waals surface area contributed by atoms with Crippen LogP contribution < -0.4 is 0 Å². The Hall–Kier alpha value is -7.21. The number of benzene rings is 8. The van der Waals surface area contributed by atoms with Gasteiger partial charge < -0.3 is 4.57 Å². The van der Waals surface area contributed by atoms with Crippen LogP contribution in [0.4, 0.5) is 0 Å². The summed E-state index contributed by atoms with van der Waals surface area (Å²) in [5, 5.41) is 5.08. The Morgan fingerprint density at radius 2 is 0.875 bits per heavy atom. The van der Waals surface area contributed by atoms with Crippen molar-refractivity contribution in [2.24, 2.45) is 0 Å². The summed E-state index contributed by atoms with van der Waals surface area (Å²) in [6.07, 6.45) is 0. The SMILES string of the molecule is c1ccc(-c2nc(-c3ccccc3)nc(-c3cccc(-c4cccc(-n5c6ccccc6c6cccc(-c7cccc8c7sc7ccccc78)c65)c4)c3)n2)cc1. The second kappa shape index (κ2) is 13.3. The van der Waals surface area contributed by atoms with E-state index in [1.807, 2.05) is 72.0 Å². The van der Waals surface area contributed by atoms with Crippen LogP contribution >= 0.6 is 11.3 Å². The Balaban J connectivity index is 1.07. The second-order valence-electron chi connectivity index (χ2n) is 14.0. The molecule has 5 heteroatoms. The highest BCUT2D eigenvalue weighted by Gasteiger charge is 2.19. The van der Waals surface area contributed by atoms with Gasteiger partial charge in [-0.25, -0.2) is 15.0 Å². The minimum absolute atomic E-state index is 0.637. The highest BCUT2D eigenvalue weighted by Crippen LogP contribution is 2.44. The molecule has 0 bridgehead atoms. The highest BCUT2D eigenvalue weighted by atomic mass is 32.1. The number of hydrogen-bond acceptors (Lipinski definition) is 4. The van der Waals surface area contributed by atoms with Crippen molar-refractivity contribution in [3.8, 4) is 62.1 Å². The fourth-order valence-electron chi connectivity index (χ4n) is 8.06. The zero-order valence-electron chi connectivity index (χ0n) is 30.2. The molecule has 0 fully saturated rings. The predicted molar refractivity (Wildman–Crippen MR) is 234 cm³/mol. The van der Waals surface area contributed by atoms with Gasteiger partial charge in [0.25, 0.3) is 0 Å². The van der Waals surface area contributed by atoms with Crippen LogP contribution in [0.3, 0.4) is 0 Å². The molecular weight excluding hydrogens is 701 g/mol. The summed E-state index contributed by atoms with van der Waals surface area (Å²) in [7, 11) is 0. The summed E-state index contributed by atoms with van der Waals surface area (Å²) in [6, 6.07) is 68.6. The van der Waals surface area contributed by atoms with Gasteiger partial charge in [0, 0.05) is 64.4 Å². The number of thiophene rings is 1. The third kappa shape index (κ3) is 5.40. The summed E-state index contributed by atoms with van der Waals surface area (Å²) in [6.45, 7) is 0. The van der Waals surface area contributed by atoms with Crippen molar-refractivity contribution in [2.45, 2.75) is 0 Å². The lowest BCUT2D eigenvalue weighted by atomic mass is 9.99. The van der Waals surface area contributed by atoms with Crippen molar-refractivity contribution in [3.63, 3.8) is 0 Å². The van der Waals surface area contributed by atoms with E-state index >= 15 is 0 Å². The molecule has 0 aliphatic heterocycles. The van der Waals surface area contributed by atoms with E-state index in [4.69, 9.17) is 15.0 Å². The topological polar surface area (TPSA) is 43.6 Å². The van der Waals surface area contributed by atoms with Crippen molar-refractivity contribution in [1.82, 2.24) is 19.5 Å². The van der Waals surface area contributed by atoms with Gasteiger partial charge in [-0.05, 0) is 41.5 Å². The van der Waals surface area contributed by atoms with Crippen molar-refractivity contribution in [2.75, 3.05) is 0 Å². The molecule has 0 unspecified atom stereocenters. The Labute approximate surface area is 327 Å². The van der Waals surface area contributed by atoms with Crippen molar-refractivity contribution >= 4 is 53.3 Å². The van der Waals surface area contributed by atoms with Crippen molar-refractivity contribution in [1.29, 1.82) is 0 Å². The van der Waals surface area contributed by atoms with Crippen LogP contribution in [0.1, 0.15) is 0 Å². The van der Waals surface area contributed by atoms with Gasteiger partial charge in [-0.2, -0.15) is 0 Å². The van der Waals surface area contributed by atoms with Gasteiger partial charge in [0.05, 0.1) is 11.0 Å². The molecule has 0 saturated heterocycles. The average Bonchev–Trinajstić information content (AvgIpc) is 3.83. The van der Waals surface area contributed by atoms with E-state index in [0.717, 1.165) is 33.5 Å². The first-order chi connectivity index (χ1) is 27.8. The van der Waals surface area contributed by atoms with E-state index in [1.165, 1.54) is 53.1 Å². The third-order valence-corrected chi connectivity index (χ3v) is 11.9. The molecule has 0 aliphatic rings. The minimum atomic E-state index is 0.637. The lowest BCUT2D eigenvalue weighted by Gasteiger charge is -2.14. The van der Waals surface area contributed by atoms with Crippen molar-refractivity contribution in [3.05, 3.63) is 194 Å². The summed E-state index contributed by atoms with van der Waals surface area (Å²) < 4.78 is 5.07. The number of aromatic nitrogens is 4. The zero-order chi connectivity index (χ0) is 37.0. The standard InChI is InChI=1S/C51H32N4S/c1-3-15-33(16-4-1)49-52-50(34-17-5-2-6-18-34)54-51(53-49)37-21-11-19-35(31-37)36-20-12-22-38(32-36)55-45-29-9-7-23-39(45)41-25-13-26-42(47(41)55)44-28-14-27-43-40-24-8-10-30-46(40)56-48(43)44/h1-32H. The quantitative estimate of drug-likeness (QED) is 0.171. The summed E-state index contributed by atoms with van der Waals surface area (Å²) in [5.74, 6) is 1.93. The molecule has 56 heavy (non-hydrogen) atoms. The summed E-state index contributed by atoms with van der Waals surface area (Å²) >= 11 is 1.88. The number of hydrogen-bond donors (Lipinski definition) is 0. The first-order valence-corrected chi connectivity index (χ1v) is 19.6. The second-order valence-corrected chi connectivity index (χ2v) is 15.1. The maximum absolute atomic E-state index is 5.01. The number of rotatable bonds is 6. The average molecular weight is 733 g/mol. The highest BCUT2D eigenvalue weighted by molar-refractivity contribution is 7.26. The molecule has 0 N–H and O–H groups in total. The number of para-hydroxylation sites is 2. The predicted octanol–water partition coefficient (Wildman–Crippen LogP) is 13.7. The fraction of sp³-hybridized carbons (Fsp3) is 0. The van der Waals surface area contributed by atoms with Crippen LogP contribution in [0.25, 0.3) is 104 Å². The molecule has 3 heterocycles. The molecule has 0 aliphatic carbocycles.